The summed E-state index contributed by atoms with van der Waals surface area (Å²) in [5.74, 6) is -0.455. The fourth-order valence-corrected chi connectivity index (χ4v) is 3.55. The molecule has 1 aliphatic rings. The lowest BCUT2D eigenvalue weighted by molar-refractivity contribution is -0.118. The largest absolute Gasteiger partial charge is 0.329 e. The topological polar surface area (TPSA) is 35.6 Å². The van der Waals surface area contributed by atoms with Crippen LogP contribution in [0.4, 0.5) is 5.69 Å². The predicted octanol–water partition coefficient (Wildman–Crippen LogP) is 4.14. The molecule has 0 aliphatic carbocycles. The van der Waals surface area contributed by atoms with Crippen molar-refractivity contribution in [2.45, 2.75) is 16.4 Å². The number of carbonyl (C=O) groups excluding carboxylic acids is 1. The number of amides is 1. The van der Waals surface area contributed by atoms with Gasteiger partial charge in [0.1, 0.15) is 0 Å². The number of hydrogen-bond acceptors (Lipinski definition) is 2. The molecular formula is C15H15Cl4N3OS. The van der Waals surface area contributed by atoms with Gasteiger partial charge >= 0.3 is 0 Å². The third-order valence-corrected chi connectivity index (χ3v) is 4.88. The van der Waals surface area contributed by atoms with E-state index in [1.807, 2.05) is 23.1 Å². The zero-order valence-corrected chi connectivity index (χ0v) is 16.4. The van der Waals surface area contributed by atoms with Gasteiger partial charge in [0, 0.05) is 13.1 Å². The van der Waals surface area contributed by atoms with E-state index in [0.29, 0.717) is 23.2 Å². The minimum Gasteiger partial charge on any atom is -0.329 e. The normalized spacial score (nSPS) is 16.8. The first-order chi connectivity index (χ1) is 11.3. The molecule has 0 spiro atoms. The Bertz CT molecular complexity index is 650. The number of thiocarbonyl (C=S) groups is 1. The fraction of sp³-hybridized carbons (Fsp3) is 0.333. The van der Waals surface area contributed by atoms with Gasteiger partial charge in [-0.05, 0) is 36.8 Å². The summed E-state index contributed by atoms with van der Waals surface area (Å²) < 4.78 is -1.77. The van der Waals surface area contributed by atoms with Crippen molar-refractivity contribution in [1.82, 2.24) is 10.2 Å². The smallest absolute Gasteiger partial charge is 0.245 e. The summed E-state index contributed by atoms with van der Waals surface area (Å²) in [7, 11) is 0. The molecule has 1 aliphatic heterocycles. The van der Waals surface area contributed by atoms with Crippen molar-refractivity contribution in [3.8, 4) is 0 Å². The van der Waals surface area contributed by atoms with E-state index < -0.39 is 15.9 Å². The lowest BCUT2D eigenvalue weighted by Gasteiger charge is -2.44. The van der Waals surface area contributed by atoms with E-state index in [1.54, 1.807) is 11.0 Å². The number of halogens is 4. The Balaban J connectivity index is 2.31. The van der Waals surface area contributed by atoms with E-state index in [2.05, 4.69) is 11.9 Å². The molecule has 1 amide bonds. The number of para-hydroxylation sites is 1. The van der Waals surface area contributed by atoms with Crippen LogP contribution in [0.1, 0.15) is 6.42 Å². The Morgan fingerprint density at radius 1 is 1.33 bits per heavy atom. The third-order valence-electron chi connectivity index (χ3n) is 3.49. The maximum atomic E-state index is 11.7. The van der Waals surface area contributed by atoms with Crippen molar-refractivity contribution in [2.24, 2.45) is 0 Å². The summed E-state index contributed by atoms with van der Waals surface area (Å²) in [6, 6.07) is 7.36. The first kappa shape index (κ1) is 19.6. The second-order valence-electron chi connectivity index (χ2n) is 5.09. The molecule has 1 saturated heterocycles. The summed E-state index contributed by atoms with van der Waals surface area (Å²) in [5.41, 5.74) is 0.770. The van der Waals surface area contributed by atoms with Crippen molar-refractivity contribution in [3.05, 3.63) is 41.9 Å². The van der Waals surface area contributed by atoms with Crippen LogP contribution in [-0.2, 0) is 4.79 Å². The van der Waals surface area contributed by atoms with E-state index in [-0.39, 0.29) is 0 Å². The van der Waals surface area contributed by atoms with Crippen LogP contribution in [0.3, 0.4) is 0 Å². The second kappa shape index (κ2) is 8.11. The molecule has 0 radical (unpaired) electrons. The molecule has 4 nitrogen and oxygen atoms in total. The van der Waals surface area contributed by atoms with Crippen molar-refractivity contribution in [2.75, 3.05) is 18.0 Å². The molecule has 1 aromatic carbocycles. The molecule has 1 heterocycles. The van der Waals surface area contributed by atoms with Crippen LogP contribution in [0, 0.1) is 0 Å². The van der Waals surface area contributed by atoms with Crippen molar-refractivity contribution in [1.29, 1.82) is 0 Å². The molecule has 1 N–H and O–H groups in total. The number of nitrogens with one attached hydrogen (secondary N) is 1. The van der Waals surface area contributed by atoms with Crippen LogP contribution in [0.15, 0.2) is 36.9 Å². The number of benzene rings is 1. The van der Waals surface area contributed by atoms with Crippen LogP contribution < -0.4 is 10.2 Å². The number of rotatable bonds is 4. The van der Waals surface area contributed by atoms with Crippen LogP contribution in [0.25, 0.3) is 0 Å². The molecule has 24 heavy (non-hydrogen) atoms. The first-order valence-electron chi connectivity index (χ1n) is 7.08. The molecular weight excluding hydrogens is 412 g/mol. The molecule has 1 unspecified atom stereocenters. The summed E-state index contributed by atoms with van der Waals surface area (Å²) in [5, 5.41) is 3.62. The number of anilines is 1. The monoisotopic (exact) mass is 425 g/mol. The van der Waals surface area contributed by atoms with Crippen molar-refractivity contribution >= 4 is 75.3 Å². The van der Waals surface area contributed by atoms with Gasteiger partial charge < -0.3 is 15.1 Å². The van der Waals surface area contributed by atoms with E-state index >= 15 is 0 Å². The van der Waals surface area contributed by atoms with E-state index in [9.17, 15) is 4.79 Å². The number of hydrogen-bond donors (Lipinski definition) is 1. The second-order valence-corrected chi connectivity index (χ2v) is 8.23. The van der Waals surface area contributed by atoms with Gasteiger partial charge in [0.25, 0.3) is 0 Å². The molecule has 1 aromatic rings. The zero-order valence-electron chi connectivity index (χ0n) is 12.5. The maximum absolute atomic E-state index is 11.7. The Kier molecular flexibility index (Phi) is 6.62. The van der Waals surface area contributed by atoms with E-state index in [4.69, 9.17) is 58.6 Å². The van der Waals surface area contributed by atoms with Gasteiger partial charge in [-0.25, -0.2) is 0 Å². The van der Waals surface area contributed by atoms with Crippen LogP contribution in [0.2, 0.25) is 5.02 Å². The zero-order chi connectivity index (χ0) is 17.9. The Morgan fingerprint density at radius 3 is 2.58 bits per heavy atom. The molecule has 9 heteroatoms. The number of alkyl halides is 3. The lowest BCUT2D eigenvalue weighted by atomic mass is 10.2. The fourth-order valence-electron chi connectivity index (χ4n) is 2.41. The summed E-state index contributed by atoms with van der Waals surface area (Å²) >= 11 is 30.0. The first-order valence-corrected chi connectivity index (χ1v) is 9.00. The highest BCUT2D eigenvalue weighted by molar-refractivity contribution is 7.80. The Morgan fingerprint density at radius 2 is 2.00 bits per heavy atom. The quantitative estimate of drug-likeness (QED) is 0.446. The summed E-state index contributed by atoms with van der Waals surface area (Å²) in [6.07, 6.45) is 0.945. The molecule has 0 bridgehead atoms. The predicted molar refractivity (Wildman–Crippen MR) is 105 cm³/mol. The van der Waals surface area contributed by atoms with Crippen LogP contribution >= 0.6 is 58.6 Å². The highest BCUT2D eigenvalue weighted by atomic mass is 35.6. The minimum atomic E-state index is -1.77. The van der Waals surface area contributed by atoms with Gasteiger partial charge in [-0.1, -0.05) is 65.1 Å². The average Bonchev–Trinajstić information content (AvgIpc) is 2.53. The SMILES string of the molecule is C=CC(=O)NC(N1CCCN(c2ccccc2Cl)C1=S)C(Cl)(Cl)Cl. The molecule has 0 saturated carbocycles. The van der Waals surface area contributed by atoms with E-state index in [0.717, 1.165) is 18.2 Å². The summed E-state index contributed by atoms with van der Waals surface area (Å²) in [6.45, 7) is 4.63. The van der Waals surface area contributed by atoms with Crippen molar-refractivity contribution in [3.63, 3.8) is 0 Å². The lowest BCUT2D eigenvalue weighted by Crippen LogP contribution is -2.62. The number of nitrogens with zero attached hydrogens (tertiary/aromatic N) is 2. The van der Waals surface area contributed by atoms with Gasteiger partial charge in [-0.2, -0.15) is 0 Å². The van der Waals surface area contributed by atoms with Gasteiger partial charge in [0.15, 0.2) is 11.3 Å². The maximum Gasteiger partial charge on any atom is 0.245 e. The highest BCUT2D eigenvalue weighted by Gasteiger charge is 2.41. The van der Waals surface area contributed by atoms with Crippen molar-refractivity contribution < 1.29 is 4.79 Å². The van der Waals surface area contributed by atoms with E-state index in [1.165, 1.54) is 0 Å². The number of carbonyl (C=O) groups is 1. The molecule has 2 rings (SSSR count). The molecule has 130 valence electrons. The molecule has 1 atom stereocenters. The molecule has 1 fully saturated rings. The standard InChI is InChI=1S/C15H15Cl4N3OS/c1-2-12(23)20-13(15(17,18)19)22-9-5-8-21(14(22)24)11-7-4-3-6-10(11)16/h2-4,6-7,13H,1,5,8-9H2,(H,20,23). The van der Waals surface area contributed by atoms with Gasteiger partial charge in [0.2, 0.25) is 9.70 Å². The minimum absolute atomic E-state index is 0.426. The van der Waals surface area contributed by atoms with Crippen LogP contribution in [0.5, 0.6) is 0 Å². The van der Waals surface area contributed by atoms with Crippen LogP contribution in [-0.4, -0.2) is 39.0 Å². The Hall–Kier alpha value is -0.720. The third kappa shape index (κ3) is 4.46. The average molecular weight is 427 g/mol. The molecule has 0 aromatic heterocycles. The van der Waals surface area contributed by atoms with Gasteiger partial charge in [-0.3, -0.25) is 4.79 Å². The highest BCUT2D eigenvalue weighted by Crippen LogP contribution is 2.35. The summed E-state index contributed by atoms with van der Waals surface area (Å²) in [4.78, 5) is 15.3. The Labute approximate surface area is 166 Å². The van der Waals surface area contributed by atoms with Gasteiger partial charge in [-0.15, -0.1) is 0 Å². The van der Waals surface area contributed by atoms with Gasteiger partial charge in [0.05, 0.1) is 10.7 Å².